The van der Waals surface area contributed by atoms with Crippen molar-refractivity contribution in [1.82, 2.24) is 0 Å². The molecule has 36 heavy (non-hydrogen) atoms. The van der Waals surface area contributed by atoms with E-state index in [1.807, 2.05) is 0 Å². The average molecular weight is 501 g/mol. The number of pyridine rings is 1. The molecule has 1 aromatic rings. The molecule has 0 aliphatic heterocycles. The quantitative estimate of drug-likeness (QED) is 0.0795. The van der Waals surface area contributed by atoms with Crippen molar-refractivity contribution >= 4 is 0 Å². The first-order chi connectivity index (χ1) is 17.9. The van der Waals surface area contributed by atoms with Gasteiger partial charge >= 0.3 is 0 Å². The van der Waals surface area contributed by atoms with Crippen LogP contribution in [0.3, 0.4) is 0 Å². The van der Waals surface area contributed by atoms with Crippen molar-refractivity contribution in [3.8, 4) is 0 Å². The van der Waals surface area contributed by atoms with E-state index in [0.29, 0.717) is 6.04 Å². The number of hydrogen-bond acceptors (Lipinski definition) is 0. The smallest absolute Gasteiger partial charge is 0.169 e. The zero-order valence-electron chi connectivity index (χ0n) is 25.0. The topological polar surface area (TPSA) is 3.88 Å². The van der Waals surface area contributed by atoms with Crippen molar-refractivity contribution in [2.75, 3.05) is 0 Å². The minimum atomic E-state index is 0.711. The van der Waals surface area contributed by atoms with E-state index in [2.05, 4.69) is 49.0 Å². The van der Waals surface area contributed by atoms with Crippen LogP contribution in [-0.4, -0.2) is 0 Å². The van der Waals surface area contributed by atoms with E-state index in [9.17, 15) is 0 Å². The van der Waals surface area contributed by atoms with Crippen LogP contribution in [0.4, 0.5) is 0 Å². The number of rotatable bonds is 28. The van der Waals surface area contributed by atoms with Crippen molar-refractivity contribution in [1.29, 1.82) is 0 Å². The fraction of sp³-hybridized carbons (Fsp3) is 0.857. The maximum atomic E-state index is 2.50. The summed E-state index contributed by atoms with van der Waals surface area (Å²) < 4.78 is 2.50. The molecule has 0 aliphatic rings. The van der Waals surface area contributed by atoms with Gasteiger partial charge in [0.05, 0.1) is 0 Å². The van der Waals surface area contributed by atoms with Gasteiger partial charge in [0.2, 0.25) is 0 Å². The molecule has 0 saturated carbocycles. The van der Waals surface area contributed by atoms with Gasteiger partial charge in [-0.2, -0.15) is 0 Å². The number of hydrogen-bond donors (Lipinski definition) is 0. The van der Waals surface area contributed by atoms with Crippen molar-refractivity contribution in [2.24, 2.45) is 0 Å². The van der Waals surface area contributed by atoms with Crippen LogP contribution in [-0.2, 0) is 0 Å². The maximum Gasteiger partial charge on any atom is 0.169 e. The van der Waals surface area contributed by atoms with Crippen molar-refractivity contribution in [2.45, 2.75) is 193 Å². The van der Waals surface area contributed by atoms with Gasteiger partial charge in [-0.1, -0.05) is 168 Å². The van der Waals surface area contributed by atoms with Crippen molar-refractivity contribution in [3.63, 3.8) is 0 Å². The first kappa shape index (κ1) is 33.2. The van der Waals surface area contributed by atoms with E-state index in [-0.39, 0.29) is 0 Å². The third-order valence-electron chi connectivity index (χ3n) is 8.19. The zero-order valence-corrected chi connectivity index (χ0v) is 25.0. The van der Waals surface area contributed by atoms with E-state index in [1.54, 1.807) is 0 Å². The molecule has 1 heteroatoms. The Hall–Kier alpha value is -0.850. The summed E-state index contributed by atoms with van der Waals surface area (Å²) in [6.45, 7) is 4.61. The molecule has 0 aliphatic carbocycles. The van der Waals surface area contributed by atoms with Crippen LogP contribution in [0.2, 0.25) is 0 Å². The van der Waals surface area contributed by atoms with Crippen molar-refractivity contribution in [3.05, 3.63) is 30.6 Å². The Bertz CT molecular complexity index is 525. The molecule has 0 aromatic carbocycles. The van der Waals surface area contributed by atoms with Gasteiger partial charge in [0.1, 0.15) is 0 Å². The maximum absolute atomic E-state index is 2.50. The van der Waals surface area contributed by atoms with E-state index in [1.165, 1.54) is 173 Å². The lowest BCUT2D eigenvalue weighted by Crippen LogP contribution is -2.38. The molecule has 0 spiro atoms. The lowest BCUT2D eigenvalue weighted by Gasteiger charge is -2.13. The summed E-state index contributed by atoms with van der Waals surface area (Å²) in [7, 11) is 0. The lowest BCUT2D eigenvalue weighted by molar-refractivity contribution is -0.724. The molecule has 1 unspecified atom stereocenters. The number of unbranched alkanes of at least 4 members (excludes halogenated alkanes) is 23. The van der Waals surface area contributed by atoms with E-state index in [0.717, 1.165) is 0 Å². The van der Waals surface area contributed by atoms with E-state index in [4.69, 9.17) is 0 Å². The van der Waals surface area contributed by atoms with Crippen LogP contribution in [0, 0.1) is 0 Å². The molecule has 0 bridgehead atoms. The molecule has 0 radical (unpaired) electrons. The Morgan fingerprint density at radius 2 is 0.639 bits per heavy atom. The summed E-state index contributed by atoms with van der Waals surface area (Å²) in [5.74, 6) is 0. The van der Waals surface area contributed by atoms with Gasteiger partial charge < -0.3 is 0 Å². The summed E-state index contributed by atoms with van der Waals surface area (Å²) >= 11 is 0. The van der Waals surface area contributed by atoms with Gasteiger partial charge in [-0.05, 0) is 12.8 Å². The fourth-order valence-corrected chi connectivity index (χ4v) is 5.72. The minimum Gasteiger partial charge on any atom is -0.202 e. The second-order valence-electron chi connectivity index (χ2n) is 11.7. The molecular formula is C35H66N+. The SMILES string of the molecule is CCCCCCCCCCCCCCCCCCC(CCCCCCCCCCC)[n+]1ccccc1. The van der Waals surface area contributed by atoms with E-state index < -0.39 is 0 Å². The van der Waals surface area contributed by atoms with Crippen LogP contribution < -0.4 is 4.57 Å². The van der Waals surface area contributed by atoms with Crippen LogP contribution in [0.15, 0.2) is 30.6 Å². The highest BCUT2D eigenvalue weighted by molar-refractivity contribution is 4.84. The summed E-state index contributed by atoms with van der Waals surface area (Å²) in [5, 5.41) is 0. The molecule has 0 amide bonds. The van der Waals surface area contributed by atoms with Gasteiger partial charge in [0.25, 0.3) is 0 Å². The molecule has 0 fully saturated rings. The molecule has 1 nitrogen and oxygen atoms in total. The second-order valence-corrected chi connectivity index (χ2v) is 11.7. The molecule has 1 aromatic heterocycles. The number of aromatic nitrogens is 1. The standard InChI is InChI=1S/C35H66N/c1-3-5-7-9-11-13-14-15-16-17-18-19-21-23-25-28-32-35(36-33-29-26-30-34-36)31-27-24-22-20-12-10-8-6-4-2/h26,29-30,33-35H,3-25,27-28,31-32H2,1-2H3/q+1. The lowest BCUT2D eigenvalue weighted by atomic mass is 9.99. The fourth-order valence-electron chi connectivity index (χ4n) is 5.72. The molecule has 1 atom stereocenters. The third-order valence-corrected chi connectivity index (χ3v) is 8.19. The second kappa shape index (κ2) is 27.2. The van der Waals surface area contributed by atoms with Crippen molar-refractivity contribution < 1.29 is 4.57 Å². The summed E-state index contributed by atoms with van der Waals surface area (Å²) in [6, 6.07) is 7.27. The Kier molecular flexibility index (Phi) is 25.1. The Labute approximate surface area is 228 Å². The Morgan fingerprint density at radius 3 is 0.944 bits per heavy atom. The Morgan fingerprint density at radius 1 is 0.361 bits per heavy atom. The van der Waals surface area contributed by atoms with Crippen LogP contribution in [0.5, 0.6) is 0 Å². The molecule has 1 heterocycles. The summed E-state index contributed by atoms with van der Waals surface area (Å²) in [4.78, 5) is 0. The first-order valence-electron chi connectivity index (χ1n) is 16.8. The van der Waals surface area contributed by atoms with Crippen LogP contribution in [0.1, 0.15) is 193 Å². The van der Waals surface area contributed by atoms with Gasteiger partial charge in [-0.15, -0.1) is 0 Å². The summed E-state index contributed by atoms with van der Waals surface area (Å²) in [6.07, 6.45) is 43.5. The zero-order chi connectivity index (χ0) is 25.8. The highest BCUT2D eigenvalue weighted by atomic mass is 15.0. The third kappa shape index (κ3) is 21.3. The van der Waals surface area contributed by atoms with Crippen LogP contribution in [0.25, 0.3) is 0 Å². The molecule has 0 N–H and O–H groups in total. The predicted octanol–water partition coefficient (Wildman–Crippen LogP) is 12.1. The largest absolute Gasteiger partial charge is 0.202 e. The van der Waals surface area contributed by atoms with Gasteiger partial charge in [0, 0.05) is 25.0 Å². The van der Waals surface area contributed by atoms with Gasteiger partial charge in [0.15, 0.2) is 18.4 Å². The van der Waals surface area contributed by atoms with Gasteiger partial charge in [-0.3, -0.25) is 0 Å². The highest BCUT2D eigenvalue weighted by Crippen LogP contribution is 2.20. The normalized spacial score (nSPS) is 12.3. The molecule has 0 saturated heterocycles. The summed E-state index contributed by atoms with van der Waals surface area (Å²) in [5.41, 5.74) is 0. The monoisotopic (exact) mass is 501 g/mol. The van der Waals surface area contributed by atoms with Crippen LogP contribution >= 0.6 is 0 Å². The molecule has 210 valence electrons. The Balaban J connectivity index is 1.99. The first-order valence-corrected chi connectivity index (χ1v) is 16.8. The average Bonchev–Trinajstić information content (AvgIpc) is 2.91. The molecular weight excluding hydrogens is 434 g/mol. The van der Waals surface area contributed by atoms with E-state index >= 15 is 0 Å². The highest BCUT2D eigenvalue weighted by Gasteiger charge is 2.16. The van der Waals surface area contributed by atoms with Gasteiger partial charge in [-0.25, -0.2) is 4.57 Å². The minimum absolute atomic E-state index is 0.711. The predicted molar refractivity (Wildman–Crippen MR) is 162 cm³/mol. The number of nitrogens with zero attached hydrogens (tertiary/aromatic N) is 1. The molecule has 1 rings (SSSR count).